The molecule has 0 atom stereocenters. The first-order chi connectivity index (χ1) is 8.99. The lowest BCUT2D eigenvalue weighted by Gasteiger charge is -2.13. The zero-order valence-corrected chi connectivity index (χ0v) is 13.4. The lowest BCUT2D eigenvalue weighted by molar-refractivity contribution is 0.400. The van der Waals surface area contributed by atoms with Crippen LogP contribution in [0, 0.1) is 6.92 Å². The highest BCUT2D eigenvalue weighted by atomic mass is 79.9. The van der Waals surface area contributed by atoms with Crippen LogP contribution in [0.25, 0.3) is 0 Å². The van der Waals surface area contributed by atoms with E-state index in [-0.39, 0.29) is 11.5 Å². The molecule has 2 rings (SSSR count). The van der Waals surface area contributed by atoms with E-state index in [0.717, 1.165) is 20.2 Å². The van der Waals surface area contributed by atoms with E-state index in [1.54, 1.807) is 12.1 Å². The summed E-state index contributed by atoms with van der Waals surface area (Å²) in [6.45, 7) is 2.43. The van der Waals surface area contributed by atoms with E-state index in [1.165, 1.54) is 6.07 Å². The van der Waals surface area contributed by atoms with E-state index in [4.69, 9.17) is 0 Å². The third-order valence-corrected chi connectivity index (χ3v) is 3.99. The Morgan fingerprint density at radius 3 is 2.37 bits per heavy atom. The molecule has 0 unspecified atom stereocenters. The molecule has 0 bridgehead atoms. The predicted octanol–water partition coefficient (Wildman–Crippen LogP) is 4.54. The summed E-state index contributed by atoms with van der Waals surface area (Å²) >= 11 is 7.00. The van der Waals surface area contributed by atoms with Crippen LogP contribution < -0.4 is 5.32 Å². The number of phenols is 2. The molecule has 2 aromatic rings. The van der Waals surface area contributed by atoms with Crippen molar-refractivity contribution in [1.29, 1.82) is 0 Å². The van der Waals surface area contributed by atoms with Crippen LogP contribution in [0.1, 0.15) is 11.1 Å². The van der Waals surface area contributed by atoms with Crippen LogP contribution in [0.5, 0.6) is 11.5 Å². The minimum Gasteiger partial charge on any atom is -0.504 e. The summed E-state index contributed by atoms with van der Waals surface area (Å²) < 4.78 is 1.89. The molecule has 2 aromatic carbocycles. The fraction of sp³-hybridized carbons (Fsp3) is 0.143. The molecular formula is C14H13Br2NO2. The normalized spacial score (nSPS) is 10.5. The van der Waals surface area contributed by atoms with E-state index >= 15 is 0 Å². The van der Waals surface area contributed by atoms with Gasteiger partial charge in [0.2, 0.25) is 0 Å². The number of aryl methyl sites for hydroxylation is 1. The second kappa shape index (κ2) is 5.84. The molecule has 0 amide bonds. The average molecular weight is 387 g/mol. The molecule has 0 aliphatic carbocycles. The Morgan fingerprint density at radius 2 is 1.74 bits per heavy atom. The standard InChI is InChI=1S/C14H13Br2NO2/c1-8-5-10(15)13(11(16)6-8)17-7-9-3-2-4-12(18)14(9)19/h2-6,17-19H,7H2,1H3. The molecule has 100 valence electrons. The fourth-order valence-electron chi connectivity index (χ4n) is 1.77. The number of halogens is 2. The second-order valence-electron chi connectivity index (χ2n) is 4.24. The number of phenolic OH excluding ortho intramolecular Hbond substituents is 2. The minimum absolute atomic E-state index is 0.0886. The number of hydrogen-bond donors (Lipinski definition) is 3. The van der Waals surface area contributed by atoms with Crippen molar-refractivity contribution in [3.05, 3.63) is 50.4 Å². The summed E-state index contributed by atoms with van der Waals surface area (Å²) in [7, 11) is 0. The average Bonchev–Trinajstić information content (AvgIpc) is 2.33. The van der Waals surface area contributed by atoms with E-state index in [2.05, 4.69) is 37.2 Å². The van der Waals surface area contributed by atoms with Crippen LogP contribution in [0.3, 0.4) is 0 Å². The van der Waals surface area contributed by atoms with E-state index in [0.29, 0.717) is 12.1 Å². The number of anilines is 1. The number of hydrogen-bond acceptors (Lipinski definition) is 3. The molecule has 5 heteroatoms. The topological polar surface area (TPSA) is 52.5 Å². The van der Waals surface area contributed by atoms with Gasteiger partial charge in [-0.2, -0.15) is 0 Å². The first kappa shape index (κ1) is 14.2. The van der Waals surface area contributed by atoms with Gasteiger partial charge in [-0.25, -0.2) is 0 Å². The van der Waals surface area contributed by atoms with Crippen molar-refractivity contribution >= 4 is 37.5 Å². The number of nitrogens with one attached hydrogen (secondary N) is 1. The maximum Gasteiger partial charge on any atom is 0.162 e. The maximum absolute atomic E-state index is 9.74. The van der Waals surface area contributed by atoms with Crippen molar-refractivity contribution in [2.45, 2.75) is 13.5 Å². The molecule has 0 saturated heterocycles. The monoisotopic (exact) mass is 385 g/mol. The Labute approximate surface area is 128 Å². The second-order valence-corrected chi connectivity index (χ2v) is 5.95. The van der Waals surface area contributed by atoms with Gasteiger partial charge in [-0.05, 0) is 62.5 Å². The van der Waals surface area contributed by atoms with Gasteiger partial charge in [-0.3, -0.25) is 0 Å². The van der Waals surface area contributed by atoms with E-state index < -0.39 is 0 Å². The van der Waals surface area contributed by atoms with Gasteiger partial charge in [-0.15, -0.1) is 0 Å². The van der Waals surface area contributed by atoms with Crippen LogP contribution in [-0.2, 0) is 6.54 Å². The van der Waals surface area contributed by atoms with Gasteiger partial charge in [0.25, 0.3) is 0 Å². The van der Waals surface area contributed by atoms with Gasteiger partial charge in [0.1, 0.15) is 0 Å². The van der Waals surface area contributed by atoms with Crippen molar-refractivity contribution < 1.29 is 10.2 Å². The van der Waals surface area contributed by atoms with Gasteiger partial charge >= 0.3 is 0 Å². The highest BCUT2D eigenvalue weighted by molar-refractivity contribution is 9.11. The SMILES string of the molecule is Cc1cc(Br)c(NCc2cccc(O)c2O)c(Br)c1. The molecule has 19 heavy (non-hydrogen) atoms. The van der Waals surface area contributed by atoms with Crippen LogP contribution in [0.4, 0.5) is 5.69 Å². The number of aromatic hydroxyl groups is 2. The Bertz CT molecular complexity index is 591. The maximum atomic E-state index is 9.74. The molecule has 0 aliphatic rings. The molecule has 0 aliphatic heterocycles. The summed E-state index contributed by atoms with van der Waals surface area (Å²) in [4.78, 5) is 0. The van der Waals surface area contributed by atoms with Crippen LogP contribution in [0.2, 0.25) is 0 Å². The highest BCUT2D eigenvalue weighted by Gasteiger charge is 2.09. The smallest absolute Gasteiger partial charge is 0.162 e. The lowest BCUT2D eigenvalue weighted by Crippen LogP contribution is -2.01. The number of rotatable bonds is 3. The largest absolute Gasteiger partial charge is 0.504 e. The zero-order valence-electron chi connectivity index (χ0n) is 10.2. The summed E-state index contributed by atoms with van der Waals surface area (Å²) in [6.07, 6.45) is 0. The molecular weight excluding hydrogens is 374 g/mol. The lowest BCUT2D eigenvalue weighted by atomic mass is 10.1. The summed E-state index contributed by atoms with van der Waals surface area (Å²) in [5.74, 6) is -0.198. The number of benzene rings is 2. The Morgan fingerprint density at radius 1 is 1.11 bits per heavy atom. The Hall–Kier alpha value is -1.20. The highest BCUT2D eigenvalue weighted by Crippen LogP contribution is 2.34. The van der Waals surface area contributed by atoms with Crippen LogP contribution in [0.15, 0.2) is 39.3 Å². The summed E-state index contributed by atoms with van der Waals surface area (Å²) in [5, 5.41) is 22.4. The van der Waals surface area contributed by atoms with E-state index in [1.807, 2.05) is 19.1 Å². The first-order valence-corrected chi connectivity index (χ1v) is 7.27. The van der Waals surface area contributed by atoms with Crippen molar-refractivity contribution in [2.24, 2.45) is 0 Å². The number of para-hydroxylation sites is 1. The summed E-state index contributed by atoms with van der Waals surface area (Å²) in [5.41, 5.74) is 2.69. The Balaban J connectivity index is 2.22. The van der Waals surface area contributed by atoms with Gasteiger partial charge in [0.15, 0.2) is 11.5 Å². The molecule has 0 heterocycles. The van der Waals surface area contributed by atoms with Gasteiger partial charge < -0.3 is 15.5 Å². The first-order valence-electron chi connectivity index (χ1n) is 5.68. The van der Waals surface area contributed by atoms with Crippen molar-refractivity contribution in [2.75, 3.05) is 5.32 Å². The van der Waals surface area contributed by atoms with Gasteiger partial charge in [0, 0.05) is 21.1 Å². The summed E-state index contributed by atoms with van der Waals surface area (Å²) in [6, 6.07) is 8.94. The third-order valence-electron chi connectivity index (χ3n) is 2.74. The van der Waals surface area contributed by atoms with Crippen molar-refractivity contribution in [1.82, 2.24) is 0 Å². The zero-order chi connectivity index (χ0) is 14.0. The molecule has 0 spiro atoms. The quantitative estimate of drug-likeness (QED) is 0.678. The van der Waals surface area contributed by atoms with E-state index in [9.17, 15) is 10.2 Å². The fourth-order valence-corrected chi connectivity index (χ4v) is 3.47. The minimum atomic E-state index is -0.110. The third kappa shape index (κ3) is 3.22. The van der Waals surface area contributed by atoms with Crippen molar-refractivity contribution in [3.63, 3.8) is 0 Å². The molecule has 0 fully saturated rings. The molecule has 0 aromatic heterocycles. The van der Waals surface area contributed by atoms with Crippen LogP contribution in [-0.4, -0.2) is 10.2 Å². The molecule has 0 saturated carbocycles. The van der Waals surface area contributed by atoms with Gasteiger partial charge in [-0.1, -0.05) is 12.1 Å². The van der Waals surface area contributed by atoms with Crippen molar-refractivity contribution in [3.8, 4) is 11.5 Å². The van der Waals surface area contributed by atoms with Gasteiger partial charge in [0.05, 0.1) is 5.69 Å². The van der Waals surface area contributed by atoms with Crippen LogP contribution >= 0.6 is 31.9 Å². The molecule has 0 radical (unpaired) electrons. The molecule has 3 N–H and O–H groups in total. The molecule has 3 nitrogen and oxygen atoms in total. The predicted molar refractivity (Wildman–Crippen MR) is 83.7 cm³/mol. The Kier molecular flexibility index (Phi) is 4.37.